The fraction of sp³-hybridized carbons (Fsp3) is 0.0952. The number of aliphatic imine (C=N–C) groups is 1. The number of nitrogens with one attached hydrogen (secondary N) is 1. The molecule has 140 valence electrons. The summed E-state index contributed by atoms with van der Waals surface area (Å²) < 4.78 is 15.1. The number of halogens is 1. The molecule has 0 radical (unpaired) electrons. The maximum absolute atomic E-state index is 13.0. The van der Waals surface area contributed by atoms with Crippen molar-refractivity contribution >= 4 is 34.6 Å². The topological polar surface area (TPSA) is 59.3 Å². The summed E-state index contributed by atoms with van der Waals surface area (Å²) in [4.78, 5) is 21.3. The zero-order valence-corrected chi connectivity index (χ0v) is 16.1. The number of amides is 1. The number of hydrogen-bond donors (Lipinski definition) is 1. The van der Waals surface area contributed by atoms with Crippen molar-refractivity contribution in [1.29, 1.82) is 0 Å². The first-order chi connectivity index (χ1) is 13.5. The fourth-order valence-electron chi connectivity index (χ4n) is 3.08. The van der Waals surface area contributed by atoms with E-state index in [-0.39, 0.29) is 11.7 Å². The highest BCUT2D eigenvalue weighted by Crippen LogP contribution is 2.30. The van der Waals surface area contributed by atoms with Crippen LogP contribution in [-0.2, 0) is 4.79 Å². The van der Waals surface area contributed by atoms with Crippen molar-refractivity contribution < 1.29 is 9.18 Å². The van der Waals surface area contributed by atoms with Gasteiger partial charge in [-0.05, 0) is 79.7 Å². The van der Waals surface area contributed by atoms with E-state index >= 15 is 0 Å². The van der Waals surface area contributed by atoms with E-state index in [2.05, 4.69) is 19.9 Å². The fourth-order valence-corrected chi connectivity index (χ4v) is 3.91. The van der Waals surface area contributed by atoms with Crippen molar-refractivity contribution in [2.75, 3.05) is 0 Å². The molecule has 1 amide bonds. The molecule has 0 spiro atoms. The van der Waals surface area contributed by atoms with Gasteiger partial charge in [-0.2, -0.15) is 0 Å². The van der Waals surface area contributed by atoms with Crippen LogP contribution < -0.4 is 5.32 Å². The molecule has 0 bridgehead atoms. The number of carbonyl (C=O) groups excluding carboxylic acids is 1. The molecule has 3 aromatic rings. The van der Waals surface area contributed by atoms with E-state index in [1.807, 2.05) is 38.1 Å². The second-order valence-corrected chi connectivity index (χ2v) is 7.36. The molecule has 1 aliphatic rings. The van der Waals surface area contributed by atoms with Gasteiger partial charge in [0.15, 0.2) is 5.17 Å². The zero-order chi connectivity index (χ0) is 19.7. The van der Waals surface area contributed by atoms with E-state index in [0.717, 1.165) is 22.6 Å². The highest BCUT2D eigenvalue weighted by Gasteiger charge is 2.24. The van der Waals surface area contributed by atoms with Crippen molar-refractivity contribution in [2.45, 2.75) is 13.8 Å². The highest BCUT2D eigenvalue weighted by atomic mass is 32.2. The monoisotopic (exact) mass is 392 g/mol. The van der Waals surface area contributed by atoms with Crippen LogP contribution in [0.25, 0.3) is 11.8 Å². The molecule has 2 aromatic heterocycles. The Kier molecular flexibility index (Phi) is 4.83. The second-order valence-electron chi connectivity index (χ2n) is 6.33. The van der Waals surface area contributed by atoms with Crippen LogP contribution in [0.3, 0.4) is 0 Å². The van der Waals surface area contributed by atoms with Gasteiger partial charge in [-0.15, -0.1) is 0 Å². The lowest BCUT2D eigenvalue weighted by Crippen LogP contribution is -2.19. The van der Waals surface area contributed by atoms with Gasteiger partial charge < -0.3 is 9.88 Å². The number of carbonyl (C=O) groups is 1. The van der Waals surface area contributed by atoms with Crippen LogP contribution in [0.15, 0.2) is 64.8 Å². The molecule has 1 aliphatic heterocycles. The number of thioether (sulfide) groups is 1. The molecule has 1 N–H and O–H groups in total. The van der Waals surface area contributed by atoms with E-state index in [1.165, 1.54) is 23.9 Å². The first kappa shape index (κ1) is 18.2. The van der Waals surface area contributed by atoms with Gasteiger partial charge in [-0.3, -0.25) is 9.78 Å². The van der Waals surface area contributed by atoms with Crippen molar-refractivity contribution in [3.63, 3.8) is 0 Å². The molecule has 1 aromatic carbocycles. The van der Waals surface area contributed by atoms with Gasteiger partial charge in [0.1, 0.15) is 5.82 Å². The van der Waals surface area contributed by atoms with Crippen LogP contribution in [-0.4, -0.2) is 20.6 Å². The third-order valence-electron chi connectivity index (χ3n) is 4.39. The lowest BCUT2D eigenvalue weighted by Gasteiger charge is -2.08. The molecule has 3 heterocycles. The average Bonchev–Trinajstić information content (AvgIpc) is 3.16. The first-order valence-electron chi connectivity index (χ1n) is 8.66. The standard InChI is InChI=1S/C21H17FN4OS/c1-13-11-15(14(2)26(13)18-7-9-23-10-8-18)12-19-20(27)25-21(28-19)24-17-5-3-16(22)4-6-17/h3-12H,1-2H3,(H,24,25,27)/b19-12-. The summed E-state index contributed by atoms with van der Waals surface area (Å²) in [5.41, 5.74) is 4.68. The number of rotatable bonds is 3. The van der Waals surface area contributed by atoms with Gasteiger partial charge in [0.25, 0.3) is 5.91 Å². The number of amidine groups is 1. The Hall–Kier alpha value is -3.19. The van der Waals surface area contributed by atoms with Crippen LogP contribution in [0, 0.1) is 19.7 Å². The first-order valence-corrected chi connectivity index (χ1v) is 9.47. The van der Waals surface area contributed by atoms with Crippen molar-refractivity contribution in [3.8, 4) is 5.69 Å². The molecule has 7 heteroatoms. The molecule has 5 nitrogen and oxygen atoms in total. The Bertz CT molecular complexity index is 1100. The van der Waals surface area contributed by atoms with Crippen LogP contribution >= 0.6 is 11.8 Å². The number of nitrogens with zero attached hydrogens (tertiary/aromatic N) is 3. The molecule has 0 saturated carbocycles. The third-order valence-corrected chi connectivity index (χ3v) is 5.30. The Balaban J connectivity index is 1.63. The maximum Gasteiger partial charge on any atom is 0.264 e. The van der Waals surface area contributed by atoms with Crippen LogP contribution in [0.1, 0.15) is 17.0 Å². The molecule has 0 unspecified atom stereocenters. The van der Waals surface area contributed by atoms with Crippen LogP contribution in [0.2, 0.25) is 0 Å². The quantitative estimate of drug-likeness (QED) is 0.667. The number of hydrogen-bond acceptors (Lipinski definition) is 4. The smallest absolute Gasteiger partial charge is 0.264 e. The molecule has 1 saturated heterocycles. The summed E-state index contributed by atoms with van der Waals surface area (Å²) in [6.45, 7) is 4.05. The van der Waals surface area contributed by atoms with Gasteiger partial charge in [0.05, 0.1) is 10.6 Å². The third kappa shape index (κ3) is 3.61. The van der Waals surface area contributed by atoms with E-state index in [1.54, 1.807) is 24.5 Å². The molecule has 4 rings (SSSR count). The van der Waals surface area contributed by atoms with Crippen molar-refractivity contribution in [2.24, 2.45) is 4.99 Å². The highest BCUT2D eigenvalue weighted by molar-refractivity contribution is 8.18. The van der Waals surface area contributed by atoms with Gasteiger partial charge in [0.2, 0.25) is 0 Å². The summed E-state index contributed by atoms with van der Waals surface area (Å²) in [6.07, 6.45) is 5.38. The van der Waals surface area contributed by atoms with Gasteiger partial charge in [0, 0.05) is 29.5 Å². The van der Waals surface area contributed by atoms with Crippen molar-refractivity contribution in [1.82, 2.24) is 14.9 Å². The Labute approximate surface area is 166 Å². The summed E-state index contributed by atoms with van der Waals surface area (Å²) >= 11 is 1.27. The Morgan fingerprint density at radius 2 is 1.86 bits per heavy atom. The molecular weight excluding hydrogens is 375 g/mol. The lowest BCUT2D eigenvalue weighted by atomic mass is 10.2. The number of pyridine rings is 1. The number of aromatic nitrogens is 2. The Morgan fingerprint density at radius 1 is 1.14 bits per heavy atom. The summed E-state index contributed by atoms with van der Waals surface area (Å²) in [6, 6.07) is 11.8. The van der Waals surface area contributed by atoms with Crippen molar-refractivity contribution in [3.05, 3.63) is 82.5 Å². The summed E-state index contributed by atoms with van der Waals surface area (Å²) in [5, 5.41) is 3.23. The predicted octanol–water partition coefficient (Wildman–Crippen LogP) is 4.52. The normalized spacial score (nSPS) is 16.8. The molecular formula is C21H17FN4OS. The predicted molar refractivity (Wildman–Crippen MR) is 110 cm³/mol. The van der Waals surface area contributed by atoms with Gasteiger partial charge >= 0.3 is 0 Å². The van der Waals surface area contributed by atoms with E-state index in [9.17, 15) is 9.18 Å². The summed E-state index contributed by atoms with van der Waals surface area (Å²) in [7, 11) is 0. The number of benzene rings is 1. The van der Waals surface area contributed by atoms with E-state index < -0.39 is 0 Å². The largest absolute Gasteiger partial charge is 0.318 e. The lowest BCUT2D eigenvalue weighted by molar-refractivity contribution is -0.115. The van der Waals surface area contributed by atoms with E-state index in [0.29, 0.717) is 15.8 Å². The van der Waals surface area contributed by atoms with Gasteiger partial charge in [-0.25, -0.2) is 9.38 Å². The second kappa shape index (κ2) is 7.44. The minimum atomic E-state index is -0.322. The molecule has 1 fully saturated rings. The summed E-state index contributed by atoms with van der Waals surface area (Å²) in [5.74, 6) is -0.517. The molecule has 28 heavy (non-hydrogen) atoms. The van der Waals surface area contributed by atoms with E-state index in [4.69, 9.17) is 0 Å². The molecule has 0 atom stereocenters. The van der Waals surface area contributed by atoms with Gasteiger partial charge in [-0.1, -0.05) is 0 Å². The average molecular weight is 392 g/mol. The SMILES string of the molecule is Cc1cc(/C=C2\SC(=Nc3ccc(F)cc3)NC2=O)c(C)n1-c1ccncc1. The minimum absolute atomic E-state index is 0.195. The van der Waals surface area contributed by atoms with Crippen LogP contribution in [0.4, 0.5) is 10.1 Å². The minimum Gasteiger partial charge on any atom is -0.318 e. The molecule has 0 aliphatic carbocycles. The van der Waals surface area contributed by atoms with Crippen LogP contribution in [0.5, 0.6) is 0 Å². The zero-order valence-electron chi connectivity index (χ0n) is 15.3. The number of aryl methyl sites for hydroxylation is 1. The Morgan fingerprint density at radius 3 is 2.57 bits per heavy atom. The maximum atomic E-state index is 13.0.